The summed E-state index contributed by atoms with van der Waals surface area (Å²) in [7, 11) is 0. The van der Waals surface area contributed by atoms with Gasteiger partial charge in [0.05, 0.1) is 0 Å². The first-order valence-electron chi connectivity index (χ1n) is 7.74. The van der Waals surface area contributed by atoms with Gasteiger partial charge in [-0.25, -0.2) is 4.79 Å². The predicted octanol–water partition coefficient (Wildman–Crippen LogP) is 3.64. The van der Waals surface area contributed by atoms with Crippen LogP contribution in [0.15, 0.2) is 42.1 Å². The number of carboxylic acid groups (broad SMARTS) is 1. The van der Waals surface area contributed by atoms with Crippen molar-refractivity contribution < 1.29 is 9.90 Å². The van der Waals surface area contributed by atoms with Crippen LogP contribution in [0.4, 0.5) is 4.79 Å². The number of rotatable bonds is 4. The van der Waals surface area contributed by atoms with Crippen LogP contribution in [0.2, 0.25) is 0 Å². The van der Waals surface area contributed by atoms with Crippen molar-refractivity contribution in [1.82, 2.24) is 10.2 Å². The summed E-state index contributed by atoms with van der Waals surface area (Å²) >= 11 is 0. The average Bonchev–Trinajstić information content (AvgIpc) is 2.36. The molecule has 0 unspecified atom stereocenters. The minimum absolute atomic E-state index is 0.117. The van der Waals surface area contributed by atoms with Crippen molar-refractivity contribution in [2.24, 2.45) is 0 Å². The molecule has 2 rings (SSSR count). The lowest BCUT2D eigenvalue weighted by Gasteiger charge is -2.43. The molecule has 120 valence electrons. The zero-order valence-electron chi connectivity index (χ0n) is 13.9. The number of amides is 1. The Labute approximate surface area is 132 Å². The zero-order valence-corrected chi connectivity index (χ0v) is 13.9. The third-order valence-corrected chi connectivity index (χ3v) is 3.86. The van der Waals surface area contributed by atoms with E-state index in [1.54, 1.807) is 0 Å². The Morgan fingerprint density at radius 2 is 1.86 bits per heavy atom. The van der Waals surface area contributed by atoms with E-state index in [0.29, 0.717) is 13.0 Å². The number of nitrogens with one attached hydrogen (secondary N) is 1. The van der Waals surface area contributed by atoms with Gasteiger partial charge < -0.3 is 10.4 Å². The molecule has 0 aliphatic carbocycles. The van der Waals surface area contributed by atoms with Crippen molar-refractivity contribution in [1.29, 1.82) is 0 Å². The summed E-state index contributed by atoms with van der Waals surface area (Å²) in [5.41, 5.74) is 1.71. The first-order valence-corrected chi connectivity index (χ1v) is 7.74. The minimum atomic E-state index is -0.879. The third-order valence-electron chi connectivity index (χ3n) is 3.86. The molecule has 22 heavy (non-hydrogen) atoms. The Balaban J connectivity index is 2.17. The lowest BCUT2D eigenvalue weighted by atomic mass is 9.86. The van der Waals surface area contributed by atoms with Crippen LogP contribution in [0.5, 0.6) is 0 Å². The lowest BCUT2D eigenvalue weighted by molar-refractivity contribution is 0.150. The molecule has 0 saturated carbocycles. The van der Waals surface area contributed by atoms with Gasteiger partial charge in [0.25, 0.3) is 0 Å². The Kier molecular flexibility index (Phi) is 4.61. The summed E-state index contributed by atoms with van der Waals surface area (Å²) in [5.74, 6) is 0. The molecular weight excluding hydrogens is 276 g/mol. The topological polar surface area (TPSA) is 52.6 Å². The SMILES string of the molecule is CC1(C)C=C(N(CCc2ccccc2)C(=O)O)CC(C)(C)N1. The van der Waals surface area contributed by atoms with Crippen LogP contribution in [-0.2, 0) is 6.42 Å². The Bertz CT molecular complexity index is 562. The molecule has 2 N–H and O–H groups in total. The average molecular weight is 302 g/mol. The molecule has 0 aromatic heterocycles. The van der Waals surface area contributed by atoms with Gasteiger partial charge in [-0.15, -0.1) is 0 Å². The molecule has 0 radical (unpaired) electrons. The summed E-state index contributed by atoms with van der Waals surface area (Å²) < 4.78 is 0. The van der Waals surface area contributed by atoms with E-state index >= 15 is 0 Å². The van der Waals surface area contributed by atoms with Crippen LogP contribution in [0.3, 0.4) is 0 Å². The standard InChI is InChI=1S/C18H26N2O2/c1-17(2)12-15(13-18(3,4)19-17)20(16(21)22)11-10-14-8-6-5-7-9-14/h5-9,12,19H,10-11,13H2,1-4H3,(H,21,22). The summed E-state index contributed by atoms with van der Waals surface area (Å²) in [6, 6.07) is 10.0. The molecule has 1 aliphatic rings. The highest BCUT2D eigenvalue weighted by atomic mass is 16.4. The molecule has 1 heterocycles. The summed E-state index contributed by atoms with van der Waals surface area (Å²) in [6.45, 7) is 8.85. The quantitative estimate of drug-likeness (QED) is 0.892. The van der Waals surface area contributed by atoms with Gasteiger partial charge in [-0.3, -0.25) is 4.90 Å². The zero-order chi connectivity index (χ0) is 16.4. The van der Waals surface area contributed by atoms with Gasteiger partial charge in [-0.2, -0.15) is 0 Å². The Hall–Kier alpha value is -1.81. The molecule has 0 saturated heterocycles. The molecule has 1 amide bonds. The molecule has 0 spiro atoms. The molecule has 0 bridgehead atoms. The summed E-state index contributed by atoms with van der Waals surface area (Å²) in [5, 5.41) is 13.1. The van der Waals surface area contributed by atoms with Crippen LogP contribution in [0, 0.1) is 0 Å². The van der Waals surface area contributed by atoms with Gasteiger partial charge >= 0.3 is 6.09 Å². The second-order valence-electron chi connectivity index (χ2n) is 7.21. The van der Waals surface area contributed by atoms with Crippen molar-refractivity contribution in [2.45, 2.75) is 51.6 Å². The van der Waals surface area contributed by atoms with Gasteiger partial charge in [-0.1, -0.05) is 30.3 Å². The smallest absolute Gasteiger partial charge is 0.411 e. The van der Waals surface area contributed by atoms with Crippen LogP contribution >= 0.6 is 0 Å². The summed E-state index contributed by atoms with van der Waals surface area (Å²) in [6.07, 6.45) is 2.59. The monoisotopic (exact) mass is 302 g/mol. The van der Waals surface area contributed by atoms with Gasteiger partial charge in [0.1, 0.15) is 0 Å². The first kappa shape index (κ1) is 16.6. The van der Waals surface area contributed by atoms with E-state index < -0.39 is 6.09 Å². The van der Waals surface area contributed by atoms with Crippen molar-refractivity contribution in [2.75, 3.05) is 6.54 Å². The molecule has 1 aromatic carbocycles. The van der Waals surface area contributed by atoms with E-state index in [1.165, 1.54) is 4.90 Å². The van der Waals surface area contributed by atoms with E-state index in [-0.39, 0.29) is 11.1 Å². The normalized spacial score (nSPS) is 19.4. The van der Waals surface area contributed by atoms with E-state index in [0.717, 1.165) is 17.7 Å². The number of benzene rings is 1. The lowest BCUT2D eigenvalue weighted by Crippen LogP contribution is -2.56. The van der Waals surface area contributed by atoms with Crippen LogP contribution in [0.25, 0.3) is 0 Å². The second-order valence-corrected chi connectivity index (χ2v) is 7.21. The predicted molar refractivity (Wildman–Crippen MR) is 88.9 cm³/mol. The highest BCUT2D eigenvalue weighted by Gasteiger charge is 2.35. The molecule has 4 nitrogen and oxygen atoms in total. The summed E-state index contributed by atoms with van der Waals surface area (Å²) in [4.78, 5) is 13.2. The van der Waals surface area contributed by atoms with Crippen molar-refractivity contribution in [3.05, 3.63) is 47.7 Å². The maximum Gasteiger partial charge on any atom is 0.411 e. The fraction of sp³-hybridized carbons (Fsp3) is 0.500. The molecule has 4 heteroatoms. The molecular formula is C18H26N2O2. The van der Waals surface area contributed by atoms with Gasteiger partial charge in [0.15, 0.2) is 0 Å². The van der Waals surface area contributed by atoms with Gasteiger partial charge in [0.2, 0.25) is 0 Å². The fourth-order valence-electron chi connectivity index (χ4n) is 3.29. The van der Waals surface area contributed by atoms with E-state index in [1.807, 2.05) is 36.4 Å². The van der Waals surface area contributed by atoms with Crippen molar-refractivity contribution in [3.63, 3.8) is 0 Å². The van der Waals surface area contributed by atoms with Crippen LogP contribution in [0.1, 0.15) is 39.7 Å². The second kappa shape index (κ2) is 6.13. The molecule has 1 aromatic rings. The van der Waals surface area contributed by atoms with Crippen molar-refractivity contribution in [3.8, 4) is 0 Å². The van der Waals surface area contributed by atoms with Crippen molar-refractivity contribution >= 4 is 6.09 Å². The van der Waals surface area contributed by atoms with Crippen LogP contribution < -0.4 is 5.32 Å². The number of nitrogens with zero attached hydrogens (tertiary/aromatic N) is 1. The van der Waals surface area contributed by atoms with Gasteiger partial charge in [0, 0.05) is 29.7 Å². The Morgan fingerprint density at radius 3 is 2.41 bits per heavy atom. The highest BCUT2D eigenvalue weighted by Crippen LogP contribution is 2.29. The largest absolute Gasteiger partial charge is 0.465 e. The number of hydrogen-bond acceptors (Lipinski definition) is 2. The molecule has 1 aliphatic heterocycles. The molecule has 0 fully saturated rings. The van der Waals surface area contributed by atoms with Crippen LogP contribution in [-0.4, -0.2) is 33.7 Å². The third kappa shape index (κ3) is 4.34. The maximum absolute atomic E-state index is 11.7. The maximum atomic E-state index is 11.7. The highest BCUT2D eigenvalue weighted by molar-refractivity contribution is 5.67. The first-order chi connectivity index (χ1) is 10.2. The number of carbonyl (C=O) groups is 1. The van der Waals surface area contributed by atoms with Gasteiger partial charge in [-0.05, 0) is 45.8 Å². The minimum Gasteiger partial charge on any atom is -0.465 e. The fourth-order valence-corrected chi connectivity index (χ4v) is 3.29. The van der Waals surface area contributed by atoms with E-state index in [2.05, 4.69) is 33.0 Å². The van der Waals surface area contributed by atoms with E-state index in [9.17, 15) is 9.90 Å². The number of hydrogen-bond donors (Lipinski definition) is 2. The Morgan fingerprint density at radius 1 is 1.23 bits per heavy atom. The molecule has 0 atom stereocenters. The van der Waals surface area contributed by atoms with E-state index in [4.69, 9.17) is 0 Å².